The Morgan fingerprint density at radius 1 is 1.47 bits per heavy atom. The van der Waals surface area contributed by atoms with Crippen molar-refractivity contribution >= 4 is 5.97 Å². The van der Waals surface area contributed by atoms with Crippen LogP contribution in [-0.4, -0.2) is 16.2 Å². The van der Waals surface area contributed by atoms with Crippen LogP contribution in [0.2, 0.25) is 0 Å². The molecule has 0 radical (unpaired) electrons. The predicted molar refractivity (Wildman–Crippen MR) is 55.8 cm³/mol. The molecule has 2 rings (SSSR count). The van der Waals surface area contributed by atoms with Gasteiger partial charge in [0, 0.05) is 0 Å². The van der Waals surface area contributed by atoms with Crippen molar-refractivity contribution in [3.63, 3.8) is 0 Å². The molecule has 1 aliphatic rings. The monoisotopic (exact) mass is 206 g/mol. The molecule has 15 heavy (non-hydrogen) atoms. The molecule has 0 saturated carbocycles. The second-order valence-corrected chi connectivity index (χ2v) is 3.96. The quantitative estimate of drug-likeness (QED) is 0.776. The van der Waals surface area contributed by atoms with Crippen molar-refractivity contribution in [2.24, 2.45) is 0 Å². The average Bonchev–Trinajstić information content (AvgIpc) is 2.56. The van der Waals surface area contributed by atoms with Crippen molar-refractivity contribution in [3.8, 4) is 0 Å². The number of aryl methyl sites for hydroxylation is 1. The lowest BCUT2D eigenvalue weighted by Gasteiger charge is -2.06. The van der Waals surface area contributed by atoms with Gasteiger partial charge in [-0.1, -0.05) is 25.1 Å². The molecule has 0 aromatic heterocycles. The zero-order chi connectivity index (χ0) is 11.0. The van der Waals surface area contributed by atoms with E-state index in [-0.39, 0.29) is 0 Å². The minimum atomic E-state index is -0.850. The molecule has 0 heterocycles. The number of hydrogen-bond acceptors (Lipinski definition) is 2. The average molecular weight is 206 g/mol. The van der Waals surface area contributed by atoms with E-state index in [0.717, 1.165) is 23.1 Å². The van der Waals surface area contributed by atoms with Gasteiger partial charge in [0.25, 0.3) is 0 Å². The predicted octanol–water partition coefficient (Wildman–Crippen LogP) is 1.85. The van der Waals surface area contributed by atoms with Crippen molar-refractivity contribution in [1.29, 1.82) is 0 Å². The number of aliphatic carboxylic acids is 1. The van der Waals surface area contributed by atoms with Crippen molar-refractivity contribution in [2.45, 2.75) is 31.8 Å². The van der Waals surface area contributed by atoms with E-state index in [9.17, 15) is 9.90 Å². The molecule has 0 aliphatic heterocycles. The Balaban J connectivity index is 2.45. The van der Waals surface area contributed by atoms with Gasteiger partial charge in [-0.3, -0.25) is 4.79 Å². The zero-order valence-corrected chi connectivity index (χ0v) is 8.60. The molecule has 3 heteroatoms. The van der Waals surface area contributed by atoms with E-state index in [4.69, 9.17) is 5.11 Å². The number of carboxylic acids is 1. The molecule has 2 atom stereocenters. The van der Waals surface area contributed by atoms with Gasteiger partial charge in [0.05, 0.1) is 12.0 Å². The molecular weight excluding hydrogens is 192 g/mol. The summed E-state index contributed by atoms with van der Waals surface area (Å²) in [7, 11) is 0. The van der Waals surface area contributed by atoms with Crippen molar-refractivity contribution in [1.82, 2.24) is 0 Å². The molecule has 0 spiro atoms. The maximum Gasteiger partial charge on any atom is 0.311 e. The van der Waals surface area contributed by atoms with Gasteiger partial charge >= 0.3 is 5.97 Å². The molecule has 80 valence electrons. The molecule has 2 unspecified atom stereocenters. The first kappa shape index (κ1) is 10.2. The Morgan fingerprint density at radius 3 is 2.80 bits per heavy atom. The fourth-order valence-corrected chi connectivity index (χ4v) is 2.16. The molecule has 3 nitrogen and oxygen atoms in total. The number of carboxylic acid groups (broad SMARTS) is 1. The third kappa shape index (κ3) is 1.63. The number of aliphatic hydroxyl groups excluding tert-OH is 1. The van der Waals surface area contributed by atoms with Crippen LogP contribution < -0.4 is 0 Å². The summed E-state index contributed by atoms with van der Waals surface area (Å²) in [5.74, 6) is -1.39. The number of fused-ring (bicyclic) bond motifs is 1. The highest BCUT2D eigenvalue weighted by Gasteiger charge is 2.34. The van der Waals surface area contributed by atoms with Crippen molar-refractivity contribution in [2.75, 3.05) is 0 Å². The highest BCUT2D eigenvalue weighted by molar-refractivity contribution is 5.78. The van der Waals surface area contributed by atoms with Crippen molar-refractivity contribution < 1.29 is 15.0 Å². The van der Waals surface area contributed by atoms with Gasteiger partial charge in [0.2, 0.25) is 0 Å². The summed E-state index contributed by atoms with van der Waals surface area (Å²) >= 11 is 0. The van der Waals surface area contributed by atoms with E-state index in [2.05, 4.69) is 0 Å². The fraction of sp³-hybridized carbons (Fsp3) is 0.417. The maximum atomic E-state index is 11.0. The van der Waals surface area contributed by atoms with E-state index in [1.54, 1.807) is 0 Å². The van der Waals surface area contributed by atoms with Crippen LogP contribution in [0.1, 0.15) is 42.1 Å². The first-order chi connectivity index (χ1) is 7.13. The van der Waals surface area contributed by atoms with Crippen LogP contribution in [0.15, 0.2) is 18.2 Å². The van der Waals surface area contributed by atoms with E-state index in [0.29, 0.717) is 6.42 Å². The van der Waals surface area contributed by atoms with Gasteiger partial charge in [-0.05, 0) is 29.5 Å². The Bertz CT molecular complexity index is 398. The van der Waals surface area contributed by atoms with Crippen LogP contribution >= 0.6 is 0 Å². The van der Waals surface area contributed by atoms with Crippen LogP contribution in [0, 0.1) is 0 Å². The number of aliphatic hydroxyl groups is 1. The second kappa shape index (κ2) is 3.66. The summed E-state index contributed by atoms with van der Waals surface area (Å²) < 4.78 is 0. The highest BCUT2D eigenvalue weighted by Crippen LogP contribution is 2.40. The SMILES string of the molecule is CCc1ccc2c(c1)C(O)CC2C(=O)O. The van der Waals surface area contributed by atoms with Crippen LogP contribution in [-0.2, 0) is 11.2 Å². The zero-order valence-electron chi connectivity index (χ0n) is 8.60. The number of benzene rings is 1. The lowest BCUT2D eigenvalue weighted by molar-refractivity contribution is -0.139. The Kier molecular flexibility index (Phi) is 2.49. The largest absolute Gasteiger partial charge is 0.481 e. The normalized spacial score (nSPS) is 23.9. The number of rotatable bonds is 2. The molecule has 1 aliphatic carbocycles. The first-order valence-electron chi connectivity index (χ1n) is 5.17. The van der Waals surface area contributed by atoms with Gasteiger partial charge in [-0.25, -0.2) is 0 Å². The van der Waals surface area contributed by atoms with E-state index < -0.39 is 18.0 Å². The summed E-state index contributed by atoms with van der Waals surface area (Å²) in [5, 5.41) is 18.8. The van der Waals surface area contributed by atoms with Gasteiger partial charge in [-0.15, -0.1) is 0 Å². The first-order valence-corrected chi connectivity index (χ1v) is 5.17. The Hall–Kier alpha value is -1.35. The Labute approximate surface area is 88.4 Å². The molecule has 0 bridgehead atoms. The third-order valence-electron chi connectivity index (χ3n) is 3.05. The van der Waals surface area contributed by atoms with E-state index >= 15 is 0 Å². The topological polar surface area (TPSA) is 57.5 Å². The smallest absolute Gasteiger partial charge is 0.311 e. The highest BCUT2D eigenvalue weighted by atomic mass is 16.4. The lowest BCUT2D eigenvalue weighted by atomic mass is 9.99. The molecule has 0 amide bonds. The van der Waals surface area contributed by atoms with Crippen molar-refractivity contribution in [3.05, 3.63) is 34.9 Å². The summed E-state index contributed by atoms with van der Waals surface area (Å²) in [4.78, 5) is 11.0. The second-order valence-electron chi connectivity index (χ2n) is 3.96. The molecule has 1 aromatic rings. The van der Waals surface area contributed by atoms with Gasteiger partial charge in [-0.2, -0.15) is 0 Å². The minimum absolute atomic E-state index is 0.303. The lowest BCUT2D eigenvalue weighted by Crippen LogP contribution is -2.08. The minimum Gasteiger partial charge on any atom is -0.481 e. The van der Waals surface area contributed by atoms with Gasteiger partial charge in [0.1, 0.15) is 0 Å². The van der Waals surface area contributed by atoms with E-state index in [1.807, 2.05) is 25.1 Å². The number of carbonyl (C=O) groups is 1. The molecule has 1 aromatic carbocycles. The van der Waals surface area contributed by atoms with Crippen LogP contribution in [0.25, 0.3) is 0 Å². The molecular formula is C12H14O3. The summed E-state index contributed by atoms with van der Waals surface area (Å²) in [6.45, 7) is 2.04. The van der Waals surface area contributed by atoms with Gasteiger partial charge in [0.15, 0.2) is 0 Å². The molecule has 0 saturated heterocycles. The summed E-state index contributed by atoms with van der Waals surface area (Å²) in [6.07, 6.45) is 0.586. The Morgan fingerprint density at radius 2 is 2.20 bits per heavy atom. The van der Waals surface area contributed by atoms with Crippen LogP contribution in [0.3, 0.4) is 0 Å². The maximum absolute atomic E-state index is 11.0. The number of hydrogen-bond donors (Lipinski definition) is 2. The fourth-order valence-electron chi connectivity index (χ4n) is 2.16. The van der Waals surface area contributed by atoms with Crippen LogP contribution in [0.5, 0.6) is 0 Å². The van der Waals surface area contributed by atoms with E-state index in [1.165, 1.54) is 0 Å². The van der Waals surface area contributed by atoms with Crippen LogP contribution in [0.4, 0.5) is 0 Å². The summed E-state index contributed by atoms with van der Waals surface area (Å²) in [5.41, 5.74) is 2.70. The third-order valence-corrected chi connectivity index (χ3v) is 3.05. The molecule has 0 fully saturated rings. The van der Waals surface area contributed by atoms with Gasteiger partial charge < -0.3 is 10.2 Å². The standard InChI is InChI=1S/C12H14O3/c1-2-7-3-4-8-9(5-7)11(13)6-10(8)12(14)15/h3-5,10-11,13H,2,6H2,1H3,(H,14,15). The summed E-state index contributed by atoms with van der Waals surface area (Å²) in [6, 6.07) is 5.69. The molecule has 2 N–H and O–H groups in total.